The maximum atomic E-state index is 12.7. The Labute approximate surface area is 161 Å². The molecule has 0 aromatic carbocycles. The van der Waals surface area contributed by atoms with Crippen molar-refractivity contribution in [1.29, 1.82) is 0 Å². The Morgan fingerprint density at radius 2 is 2.04 bits per heavy atom. The summed E-state index contributed by atoms with van der Waals surface area (Å²) >= 11 is 3.23. The second kappa shape index (κ2) is 7.42. The Kier molecular flexibility index (Phi) is 5.02. The average Bonchev–Trinajstić information content (AvgIpc) is 3.29. The lowest BCUT2D eigenvalue weighted by atomic mass is 9.88. The van der Waals surface area contributed by atoms with E-state index in [-0.39, 0.29) is 5.91 Å². The van der Waals surface area contributed by atoms with Crippen LogP contribution < -0.4 is 0 Å². The highest BCUT2D eigenvalue weighted by Crippen LogP contribution is 2.39. The quantitative estimate of drug-likeness (QED) is 0.684. The van der Waals surface area contributed by atoms with Gasteiger partial charge in [0.05, 0.1) is 4.88 Å². The maximum absolute atomic E-state index is 12.7. The fourth-order valence-electron chi connectivity index (χ4n) is 3.61. The van der Waals surface area contributed by atoms with E-state index >= 15 is 0 Å². The molecule has 3 aromatic heterocycles. The molecule has 4 heterocycles. The van der Waals surface area contributed by atoms with Crippen LogP contribution in [0.5, 0.6) is 0 Å². The summed E-state index contributed by atoms with van der Waals surface area (Å²) in [7, 11) is 3.61. The minimum absolute atomic E-state index is 0.0607. The van der Waals surface area contributed by atoms with E-state index in [0.717, 1.165) is 53.3 Å². The van der Waals surface area contributed by atoms with E-state index in [1.54, 1.807) is 42.7 Å². The van der Waals surface area contributed by atoms with Crippen molar-refractivity contribution in [3.8, 4) is 0 Å². The maximum Gasteiger partial charge on any atom is 0.263 e. The van der Waals surface area contributed by atoms with Crippen molar-refractivity contribution in [2.75, 3.05) is 27.2 Å². The van der Waals surface area contributed by atoms with Crippen LogP contribution in [-0.2, 0) is 6.54 Å². The number of piperidine rings is 1. The molecule has 136 valence electrons. The first-order valence-corrected chi connectivity index (χ1v) is 10.6. The predicted molar refractivity (Wildman–Crippen MR) is 107 cm³/mol. The Morgan fingerprint density at radius 3 is 2.73 bits per heavy atom. The van der Waals surface area contributed by atoms with Crippen LogP contribution in [0.1, 0.15) is 39.6 Å². The third kappa shape index (κ3) is 3.39. The third-order valence-corrected chi connectivity index (χ3v) is 6.77. The van der Waals surface area contributed by atoms with Gasteiger partial charge in [-0.2, -0.15) is 11.3 Å². The summed E-state index contributed by atoms with van der Waals surface area (Å²) in [5, 5.41) is 4.36. The van der Waals surface area contributed by atoms with E-state index in [9.17, 15) is 4.79 Å². The third-order valence-electron chi connectivity index (χ3n) is 4.95. The Bertz CT molecular complexity index is 896. The zero-order chi connectivity index (χ0) is 18.1. The van der Waals surface area contributed by atoms with Gasteiger partial charge in [-0.15, -0.1) is 11.3 Å². The first kappa shape index (κ1) is 17.6. The summed E-state index contributed by atoms with van der Waals surface area (Å²) in [4.78, 5) is 27.6. The number of carbonyl (C=O) groups is 1. The van der Waals surface area contributed by atoms with E-state index in [4.69, 9.17) is 0 Å². The van der Waals surface area contributed by atoms with Crippen molar-refractivity contribution >= 4 is 38.9 Å². The Balaban J connectivity index is 1.58. The molecular formula is C19H22N4OS2. The zero-order valence-corrected chi connectivity index (χ0v) is 16.6. The first-order valence-electron chi connectivity index (χ1n) is 8.82. The van der Waals surface area contributed by atoms with E-state index in [1.165, 1.54) is 16.9 Å². The molecule has 1 fully saturated rings. The van der Waals surface area contributed by atoms with Crippen LogP contribution in [0.3, 0.4) is 0 Å². The largest absolute Gasteiger partial charge is 0.344 e. The van der Waals surface area contributed by atoms with Crippen LogP contribution in [0.15, 0.2) is 29.2 Å². The number of thiophene rings is 2. The van der Waals surface area contributed by atoms with Crippen molar-refractivity contribution < 1.29 is 4.79 Å². The molecule has 1 aliphatic heterocycles. The van der Waals surface area contributed by atoms with Crippen LogP contribution in [0.2, 0.25) is 0 Å². The van der Waals surface area contributed by atoms with Gasteiger partial charge < -0.3 is 4.90 Å². The summed E-state index contributed by atoms with van der Waals surface area (Å²) in [6.45, 7) is 3.12. The molecule has 1 aliphatic rings. The van der Waals surface area contributed by atoms with Gasteiger partial charge in [-0.1, -0.05) is 0 Å². The summed E-state index contributed by atoms with van der Waals surface area (Å²) in [6, 6.07) is 2.20. The van der Waals surface area contributed by atoms with E-state index in [1.807, 2.05) is 0 Å². The van der Waals surface area contributed by atoms with Crippen molar-refractivity contribution in [2.24, 2.45) is 0 Å². The fourth-order valence-corrected chi connectivity index (χ4v) is 5.47. The van der Waals surface area contributed by atoms with Gasteiger partial charge in [0.15, 0.2) is 0 Å². The lowest BCUT2D eigenvalue weighted by Gasteiger charge is -2.32. The molecular weight excluding hydrogens is 364 g/mol. The fraction of sp³-hybridized carbons (Fsp3) is 0.421. The monoisotopic (exact) mass is 386 g/mol. The second-order valence-electron chi connectivity index (χ2n) is 6.94. The molecule has 0 aliphatic carbocycles. The molecule has 1 amide bonds. The van der Waals surface area contributed by atoms with Crippen molar-refractivity contribution in [3.63, 3.8) is 0 Å². The van der Waals surface area contributed by atoms with Gasteiger partial charge in [0.2, 0.25) is 0 Å². The van der Waals surface area contributed by atoms with Crippen molar-refractivity contribution in [1.82, 2.24) is 19.8 Å². The van der Waals surface area contributed by atoms with Gasteiger partial charge in [-0.25, -0.2) is 4.98 Å². The molecule has 0 unspecified atom stereocenters. The minimum atomic E-state index is 0.0607. The lowest BCUT2D eigenvalue weighted by molar-refractivity contribution is 0.0830. The van der Waals surface area contributed by atoms with Crippen molar-refractivity contribution in [2.45, 2.75) is 25.3 Å². The van der Waals surface area contributed by atoms with Gasteiger partial charge in [0.1, 0.15) is 10.3 Å². The minimum Gasteiger partial charge on any atom is -0.344 e. The van der Waals surface area contributed by atoms with Crippen LogP contribution >= 0.6 is 22.7 Å². The number of hydrogen-bond donors (Lipinski definition) is 0. The SMILES string of the molecule is CN(C)C(=O)c1sc2nccnc2c1C1CCN(Cc2ccsc2)CC1. The molecule has 0 bridgehead atoms. The Morgan fingerprint density at radius 1 is 1.27 bits per heavy atom. The zero-order valence-electron chi connectivity index (χ0n) is 15.0. The Hall–Kier alpha value is -1.83. The average molecular weight is 387 g/mol. The molecule has 0 radical (unpaired) electrons. The number of hydrogen-bond acceptors (Lipinski definition) is 6. The van der Waals surface area contributed by atoms with E-state index in [2.05, 4.69) is 31.7 Å². The molecule has 0 N–H and O–H groups in total. The van der Waals surface area contributed by atoms with Gasteiger partial charge >= 0.3 is 0 Å². The second-order valence-corrected chi connectivity index (χ2v) is 8.72. The van der Waals surface area contributed by atoms with Crippen LogP contribution in [-0.4, -0.2) is 52.9 Å². The molecule has 26 heavy (non-hydrogen) atoms. The van der Waals surface area contributed by atoms with Gasteiger partial charge in [0.25, 0.3) is 5.91 Å². The van der Waals surface area contributed by atoms with Crippen molar-refractivity contribution in [3.05, 3.63) is 45.2 Å². The highest BCUT2D eigenvalue weighted by molar-refractivity contribution is 7.20. The molecule has 7 heteroatoms. The topological polar surface area (TPSA) is 49.3 Å². The standard InChI is InChI=1S/C19H22N4OS2/c1-22(2)19(24)17-15(16-18(26-17)21-7-6-20-16)14-3-8-23(9-4-14)11-13-5-10-25-12-13/h5-7,10,12,14H,3-4,8-9,11H2,1-2H3. The van der Waals surface area contributed by atoms with Crippen LogP contribution in [0, 0.1) is 0 Å². The summed E-state index contributed by atoms with van der Waals surface area (Å²) < 4.78 is 0. The molecule has 0 saturated carbocycles. The molecule has 3 aromatic rings. The van der Waals surface area contributed by atoms with E-state index < -0.39 is 0 Å². The summed E-state index contributed by atoms with van der Waals surface area (Å²) in [5.74, 6) is 0.434. The van der Waals surface area contributed by atoms with Crippen LogP contribution in [0.25, 0.3) is 10.3 Å². The number of likely N-dealkylation sites (tertiary alicyclic amines) is 1. The van der Waals surface area contributed by atoms with E-state index in [0.29, 0.717) is 5.92 Å². The summed E-state index contributed by atoms with van der Waals surface area (Å²) in [5.41, 5.74) is 3.43. The van der Waals surface area contributed by atoms with Crippen LogP contribution in [0.4, 0.5) is 0 Å². The molecule has 0 spiro atoms. The predicted octanol–water partition coefficient (Wildman–Crippen LogP) is 3.83. The molecule has 4 rings (SSSR count). The van der Waals surface area contributed by atoms with Gasteiger partial charge in [-0.3, -0.25) is 14.7 Å². The van der Waals surface area contributed by atoms with Gasteiger partial charge in [-0.05, 0) is 54.2 Å². The normalized spacial score (nSPS) is 16.2. The smallest absolute Gasteiger partial charge is 0.263 e. The highest BCUT2D eigenvalue weighted by atomic mass is 32.1. The molecule has 1 saturated heterocycles. The number of rotatable bonds is 4. The highest BCUT2D eigenvalue weighted by Gasteiger charge is 2.30. The molecule has 5 nitrogen and oxygen atoms in total. The number of aromatic nitrogens is 2. The number of nitrogens with zero attached hydrogens (tertiary/aromatic N) is 4. The number of amides is 1. The van der Waals surface area contributed by atoms with Gasteiger partial charge in [0, 0.05) is 38.6 Å². The first-order chi connectivity index (χ1) is 12.6. The lowest BCUT2D eigenvalue weighted by Crippen LogP contribution is -2.33. The number of fused-ring (bicyclic) bond motifs is 1. The summed E-state index contributed by atoms with van der Waals surface area (Å²) in [6.07, 6.45) is 5.55. The molecule has 0 atom stereocenters. The number of carbonyl (C=O) groups excluding carboxylic acids is 1.